The fourth-order valence-electron chi connectivity index (χ4n) is 3.16. The van der Waals surface area contributed by atoms with Gasteiger partial charge in [0.15, 0.2) is 5.60 Å². The Morgan fingerprint density at radius 3 is 2.07 bits per heavy atom. The molecule has 0 heterocycles. The fraction of sp³-hybridized carbons (Fsp3) is 0.381. The maximum atomic E-state index is 13.2. The van der Waals surface area contributed by atoms with E-state index in [0.717, 1.165) is 30.5 Å². The highest BCUT2D eigenvalue weighted by Crippen LogP contribution is 2.39. The summed E-state index contributed by atoms with van der Waals surface area (Å²) < 4.78 is 52.2. The second-order valence-electron chi connectivity index (χ2n) is 7.32. The maximum Gasteiger partial charge on any atom is 0.421 e. The second-order valence-corrected chi connectivity index (χ2v) is 7.32. The van der Waals surface area contributed by atoms with Gasteiger partial charge >= 0.3 is 6.18 Å². The van der Waals surface area contributed by atoms with Gasteiger partial charge in [0, 0.05) is 11.6 Å². The highest BCUT2D eigenvalue weighted by molar-refractivity contribution is 5.95. The zero-order valence-corrected chi connectivity index (χ0v) is 15.5. The van der Waals surface area contributed by atoms with Crippen LogP contribution in [0.1, 0.15) is 54.2 Å². The van der Waals surface area contributed by atoms with Crippen molar-refractivity contribution in [3.05, 3.63) is 71.0 Å². The van der Waals surface area contributed by atoms with Crippen molar-refractivity contribution in [2.75, 3.05) is 0 Å². The molecule has 28 heavy (non-hydrogen) atoms. The van der Waals surface area contributed by atoms with Crippen molar-refractivity contribution in [1.82, 2.24) is 4.90 Å². The summed E-state index contributed by atoms with van der Waals surface area (Å²) >= 11 is 0. The fourth-order valence-corrected chi connectivity index (χ4v) is 3.16. The SMILES string of the molecule is C[C@@H](c1ccc(F)cc1)N(C(=O)c1ccc([C@](C)(O)C(F)(F)F)cc1)C1CC1. The molecule has 1 amide bonds. The van der Waals surface area contributed by atoms with E-state index in [9.17, 15) is 27.5 Å². The minimum Gasteiger partial charge on any atom is -0.376 e. The Morgan fingerprint density at radius 2 is 1.61 bits per heavy atom. The van der Waals surface area contributed by atoms with Crippen LogP contribution in [0.4, 0.5) is 17.6 Å². The first kappa shape index (κ1) is 20.3. The lowest BCUT2D eigenvalue weighted by molar-refractivity contribution is -0.258. The van der Waals surface area contributed by atoms with Crippen molar-refractivity contribution >= 4 is 5.91 Å². The maximum absolute atomic E-state index is 13.2. The van der Waals surface area contributed by atoms with E-state index in [1.807, 2.05) is 6.92 Å². The molecule has 0 aromatic heterocycles. The van der Waals surface area contributed by atoms with Crippen LogP contribution in [-0.4, -0.2) is 28.1 Å². The monoisotopic (exact) mass is 395 g/mol. The molecular weight excluding hydrogens is 374 g/mol. The van der Waals surface area contributed by atoms with E-state index in [1.165, 1.54) is 24.3 Å². The third-order valence-corrected chi connectivity index (χ3v) is 5.19. The van der Waals surface area contributed by atoms with Crippen LogP contribution in [0.5, 0.6) is 0 Å². The van der Waals surface area contributed by atoms with Crippen molar-refractivity contribution < 1.29 is 27.5 Å². The number of halogens is 4. The number of carbonyl (C=O) groups is 1. The first-order chi connectivity index (χ1) is 13.0. The Bertz CT molecular complexity index is 840. The number of benzene rings is 2. The summed E-state index contributed by atoms with van der Waals surface area (Å²) in [7, 11) is 0. The Kier molecular flexibility index (Phi) is 5.23. The number of hydrogen-bond acceptors (Lipinski definition) is 2. The van der Waals surface area contributed by atoms with E-state index in [-0.39, 0.29) is 34.9 Å². The predicted molar refractivity (Wildman–Crippen MR) is 96.1 cm³/mol. The van der Waals surface area contributed by atoms with E-state index < -0.39 is 11.8 Å². The molecule has 2 aromatic carbocycles. The Labute approximate surface area is 160 Å². The van der Waals surface area contributed by atoms with Crippen LogP contribution >= 0.6 is 0 Å². The normalized spacial score (nSPS) is 17.7. The van der Waals surface area contributed by atoms with Crippen LogP contribution in [0, 0.1) is 5.82 Å². The zero-order valence-electron chi connectivity index (χ0n) is 15.5. The quantitative estimate of drug-likeness (QED) is 0.727. The molecule has 0 aliphatic heterocycles. The summed E-state index contributed by atoms with van der Waals surface area (Å²) in [6.07, 6.45) is -3.13. The summed E-state index contributed by atoms with van der Waals surface area (Å²) in [5, 5.41) is 9.77. The third-order valence-electron chi connectivity index (χ3n) is 5.19. The number of rotatable bonds is 5. The van der Waals surface area contributed by atoms with Crippen molar-refractivity contribution in [3.63, 3.8) is 0 Å². The molecule has 0 bridgehead atoms. The Balaban J connectivity index is 1.85. The summed E-state index contributed by atoms with van der Waals surface area (Å²) in [4.78, 5) is 14.7. The molecule has 1 fully saturated rings. The molecule has 0 unspecified atom stereocenters. The third kappa shape index (κ3) is 3.90. The van der Waals surface area contributed by atoms with Gasteiger partial charge in [0.25, 0.3) is 5.91 Å². The lowest BCUT2D eigenvalue weighted by atomic mass is 9.94. The van der Waals surface area contributed by atoms with Gasteiger partial charge in [-0.05, 0) is 62.1 Å². The number of aliphatic hydroxyl groups is 1. The average Bonchev–Trinajstić information content (AvgIpc) is 3.46. The Hall–Kier alpha value is -2.41. The number of amides is 1. The average molecular weight is 395 g/mol. The molecule has 1 saturated carbocycles. The first-order valence-corrected chi connectivity index (χ1v) is 9.00. The summed E-state index contributed by atoms with van der Waals surface area (Å²) in [6.45, 7) is 2.52. The molecule has 3 nitrogen and oxygen atoms in total. The molecular formula is C21H21F4NO2. The van der Waals surface area contributed by atoms with Crippen LogP contribution in [0.15, 0.2) is 48.5 Å². The van der Waals surface area contributed by atoms with Gasteiger partial charge < -0.3 is 10.0 Å². The van der Waals surface area contributed by atoms with Gasteiger partial charge in [0.1, 0.15) is 5.82 Å². The van der Waals surface area contributed by atoms with Crippen molar-refractivity contribution in [2.45, 2.75) is 50.6 Å². The van der Waals surface area contributed by atoms with E-state index in [2.05, 4.69) is 0 Å². The topological polar surface area (TPSA) is 40.5 Å². The van der Waals surface area contributed by atoms with Gasteiger partial charge in [-0.15, -0.1) is 0 Å². The molecule has 0 radical (unpaired) electrons. The van der Waals surface area contributed by atoms with Crippen LogP contribution in [-0.2, 0) is 5.60 Å². The molecule has 2 atom stereocenters. The number of nitrogens with zero attached hydrogens (tertiary/aromatic N) is 1. The first-order valence-electron chi connectivity index (χ1n) is 9.00. The van der Waals surface area contributed by atoms with E-state index in [1.54, 1.807) is 17.0 Å². The molecule has 2 aromatic rings. The number of alkyl halides is 3. The summed E-state index contributed by atoms with van der Waals surface area (Å²) in [6, 6.07) is 10.5. The van der Waals surface area contributed by atoms with Gasteiger partial charge in [-0.3, -0.25) is 4.79 Å². The van der Waals surface area contributed by atoms with Crippen molar-refractivity contribution in [1.29, 1.82) is 0 Å². The number of hydrogen-bond donors (Lipinski definition) is 1. The Morgan fingerprint density at radius 1 is 1.07 bits per heavy atom. The molecule has 3 rings (SSSR count). The standard InChI is InChI=1S/C21H21F4NO2/c1-13(14-5-9-17(22)10-6-14)26(18-11-12-18)19(27)15-3-7-16(8-4-15)20(2,28)21(23,24)25/h3-10,13,18,28H,11-12H2,1-2H3/t13-,20-/m0/s1. The van der Waals surface area contributed by atoms with E-state index in [4.69, 9.17) is 0 Å². The molecule has 0 spiro atoms. The lowest BCUT2D eigenvalue weighted by Gasteiger charge is -2.30. The van der Waals surface area contributed by atoms with Gasteiger partial charge in [0.2, 0.25) is 0 Å². The van der Waals surface area contributed by atoms with Gasteiger partial charge in [0.05, 0.1) is 6.04 Å². The van der Waals surface area contributed by atoms with E-state index in [0.29, 0.717) is 6.92 Å². The predicted octanol–water partition coefficient (Wildman–Crippen LogP) is 4.96. The van der Waals surface area contributed by atoms with E-state index >= 15 is 0 Å². The zero-order chi connectivity index (χ0) is 20.7. The minimum atomic E-state index is -4.82. The smallest absolute Gasteiger partial charge is 0.376 e. The summed E-state index contributed by atoms with van der Waals surface area (Å²) in [5.74, 6) is -0.676. The molecule has 0 saturated heterocycles. The van der Waals surface area contributed by atoms with Crippen molar-refractivity contribution in [2.24, 2.45) is 0 Å². The van der Waals surface area contributed by atoms with Crippen LogP contribution in [0.3, 0.4) is 0 Å². The highest BCUT2D eigenvalue weighted by Gasteiger charge is 2.51. The van der Waals surface area contributed by atoms with Crippen LogP contribution < -0.4 is 0 Å². The molecule has 150 valence electrons. The van der Waals surface area contributed by atoms with Gasteiger partial charge in [-0.25, -0.2) is 4.39 Å². The molecule has 7 heteroatoms. The van der Waals surface area contributed by atoms with Crippen LogP contribution in [0.25, 0.3) is 0 Å². The molecule has 1 aliphatic rings. The highest BCUT2D eigenvalue weighted by atomic mass is 19.4. The largest absolute Gasteiger partial charge is 0.421 e. The molecule has 1 aliphatic carbocycles. The lowest BCUT2D eigenvalue weighted by Crippen LogP contribution is -2.39. The van der Waals surface area contributed by atoms with Gasteiger partial charge in [-0.1, -0.05) is 24.3 Å². The van der Waals surface area contributed by atoms with Crippen LogP contribution in [0.2, 0.25) is 0 Å². The minimum absolute atomic E-state index is 0.0468. The van der Waals surface area contributed by atoms with Crippen molar-refractivity contribution in [3.8, 4) is 0 Å². The number of carbonyl (C=O) groups excluding carboxylic acids is 1. The second kappa shape index (κ2) is 7.20. The van der Waals surface area contributed by atoms with Gasteiger partial charge in [-0.2, -0.15) is 13.2 Å². The molecule has 1 N–H and O–H groups in total. The summed E-state index contributed by atoms with van der Waals surface area (Å²) in [5.41, 5.74) is -2.31.